The SMILES string of the molecule is Cc1cn2c(n1)CCC(C(=O)Nc1ccc(-n3cnc(C)c3C)cc1)C2. The number of nitrogens with one attached hydrogen (secondary N) is 1. The van der Waals surface area contributed by atoms with Gasteiger partial charge in [-0.25, -0.2) is 9.97 Å². The van der Waals surface area contributed by atoms with Gasteiger partial charge in [-0.3, -0.25) is 4.79 Å². The summed E-state index contributed by atoms with van der Waals surface area (Å²) < 4.78 is 4.15. The first kappa shape index (κ1) is 16.6. The van der Waals surface area contributed by atoms with Crippen LogP contribution in [0.3, 0.4) is 0 Å². The third-order valence-corrected chi connectivity index (χ3v) is 5.15. The molecule has 1 aromatic carbocycles. The quantitative estimate of drug-likeness (QED) is 0.790. The molecule has 1 aliphatic heterocycles. The number of hydrogen-bond donors (Lipinski definition) is 1. The van der Waals surface area contributed by atoms with Crippen molar-refractivity contribution in [1.82, 2.24) is 19.1 Å². The van der Waals surface area contributed by atoms with Gasteiger partial charge in [0.25, 0.3) is 0 Å². The van der Waals surface area contributed by atoms with E-state index in [0.29, 0.717) is 6.54 Å². The molecule has 26 heavy (non-hydrogen) atoms. The topological polar surface area (TPSA) is 64.7 Å². The molecule has 1 atom stereocenters. The number of fused-ring (bicyclic) bond motifs is 1. The third-order valence-electron chi connectivity index (χ3n) is 5.15. The van der Waals surface area contributed by atoms with Gasteiger partial charge in [-0.15, -0.1) is 0 Å². The Hall–Kier alpha value is -2.89. The molecule has 0 radical (unpaired) electrons. The summed E-state index contributed by atoms with van der Waals surface area (Å²) in [7, 11) is 0. The number of carbonyl (C=O) groups excluding carboxylic acids is 1. The van der Waals surface area contributed by atoms with E-state index in [1.165, 1.54) is 0 Å². The van der Waals surface area contributed by atoms with Crippen LogP contribution in [0.4, 0.5) is 5.69 Å². The van der Waals surface area contributed by atoms with E-state index < -0.39 is 0 Å². The van der Waals surface area contributed by atoms with Crippen LogP contribution in [0.25, 0.3) is 5.69 Å². The van der Waals surface area contributed by atoms with Crippen LogP contribution in [0.1, 0.15) is 29.3 Å². The average Bonchev–Trinajstić information content (AvgIpc) is 3.17. The Morgan fingerprint density at radius 2 is 1.96 bits per heavy atom. The second-order valence-electron chi connectivity index (χ2n) is 7.01. The minimum atomic E-state index is -0.0191. The van der Waals surface area contributed by atoms with Crippen molar-refractivity contribution < 1.29 is 4.79 Å². The van der Waals surface area contributed by atoms with Gasteiger partial charge < -0.3 is 14.5 Å². The maximum absolute atomic E-state index is 12.6. The standard InChI is InChI=1S/C20H23N5O/c1-13-10-24-11-16(4-9-19(24)22-13)20(26)23-17-5-7-18(8-6-17)25-12-21-14(2)15(25)3/h5-8,10,12,16H,4,9,11H2,1-3H3,(H,23,26). The predicted octanol–water partition coefficient (Wildman–Crippen LogP) is 3.20. The summed E-state index contributed by atoms with van der Waals surface area (Å²) in [6.07, 6.45) is 5.54. The Morgan fingerprint density at radius 3 is 2.65 bits per heavy atom. The highest BCUT2D eigenvalue weighted by Gasteiger charge is 2.25. The van der Waals surface area contributed by atoms with Crippen molar-refractivity contribution in [2.75, 3.05) is 5.32 Å². The van der Waals surface area contributed by atoms with Gasteiger partial charge in [0.05, 0.1) is 23.6 Å². The van der Waals surface area contributed by atoms with Crippen LogP contribution in [0.5, 0.6) is 0 Å². The zero-order chi connectivity index (χ0) is 18.3. The fourth-order valence-corrected chi connectivity index (χ4v) is 3.51. The molecule has 1 N–H and O–H groups in total. The van der Waals surface area contributed by atoms with E-state index in [1.807, 2.05) is 62.1 Å². The van der Waals surface area contributed by atoms with Crippen LogP contribution in [0.15, 0.2) is 36.8 Å². The fraction of sp³-hybridized carbons (Fsp3) is 0.350. The number of hydrogen-bond acceptors (Lipinski definition) is 3. The Morgan fingerprint density at radius 1 is 1.19 bits per heavy atom. The van der Waals surface area contributed by atoms with E-state index in [9.17, 15) is 4.79 Å². The third kappa shape index (κ3) is 3.03. The molecule has 1 unspecified atom stereocenters. The first-order valence-electron chi connectivity index (χ1n) is 8.96. The Labute approximate surface area is 152 Å². The molecule has 2 aromatic heterocycles. The monoisotopic (exact) mass is 349 g/mol. The molecule has 6 nitrogen and oxygen atoms in total. The normalized spacial score (nSPS) is 16.3. The highest BCUT2D eigenvalue weighted by Crippen LogP contribution is 2.22. The van der Waals surface area contributed by atoms with Gasteiger partial charge in [-0.1, -0.05) is 0 Å². The highest BCUT2D eigenvalue weighted by molar-refractivity contribution is 5.92. The van der Waals surface area contributed by atoms with E-state index >= 15 is 0 Å². The van der Waals surface area contributed by atoms with Crippen molar-refractivity contribution >= 4 is 11.6 Å². The molecule has 0 saturated heterocycles. The van der Waals surface area contributed by atoms with E-state index in [2.05, 4.69) is 19.9 Å². The minimum Gasteiger partial charge on any atom is -0.334 e. The molecule has 1 amide bonds. The van der Waals surface area contributed by atoms with Crippen molar-refractivity contribution in [3.8, 4) is 5.69 Å². The number of imidazole rings is 2. The molecule has 0 aliphatic carbocycles. The largest absolute Gasteiger partial charge is 0.334 e. The molecule has 1 aliphatic rings. The number of amides is 1. The number of anilines is 1. The van der Waals surface area contributed by atoms with Crippen molar-refractivity contribution in [2.24, 2.45) is 5.92 Å². The molecule has 0 saturated carbocycles. The van der Waals surface area contributed by atoms with Gasteiger partial charge in [0.15, 0.2) is 0 Å². The zero-order valence-electron chi connectivity index (χ0n) is 15.4. The summed E-state index contributed by atoms with van der Waals surface area (Å²) in [5.74, 6) is 1.14. The number of aryl methyl sites for hydroxylation is 3. The van der Waals surface area contributed by atoms with Gasteiger partial charge >= 0.3 is 0 Å². The van der Waals surface area contributed by atoms with Crippen LogP contribution < -0.4 is 5.32 Å². The lowest BCUT2D eigenvalue weighted by molar-refractivity contribution is -0.120. The Balaban J connectivity index is 1.44. The summed E-state index contributed by atoms with van der Waals surface area (Å²) in [4.78, 5) is 21.5. The second kappa shape index (κ2) is 6.44. The first-order valence-corrected chi connectivity index (χ1v) is 8.96. The van der Waals surface area contributed by atoms with Crippen LogP contribution in [0.2, 0.25) is 0 Å². The van der Waals surface area contributed by atoms with Crippen LogP contribution >= 0.6 is 0 Å². The van der Waals surface area contributed by atoms with Gasteiger partial charge in [-0.05, 0) is 51.5 Å². The lowest BCUT2D eigenvalue weighted by Gasteiger charge is -2.23. The predicted molar refractivity (Wildman–Crippen MR) is 100 cm³/mol. The van der Waals surface area contributed by atoms with Crippen molar-refractivity contribution in [2.45, 2.75) is 40.2 Å². The number of carbonyl (C=O) groups is 1. The van der Waals surface area contributed by atoms with Crippen LogP contribution in [-0.4, -0.2) is 25.0 Å². The summed E-state index contributed by atoms with van der Waals surface area (Å²) in [6.45, 7) is 6.74. The summed E-state index contributed by atoms with van der Waals surface area (Å²) in [5, 5.41) is 3.05. The number of nitrogens with zero attached hydrogens (tertiary/aromatic N) is 4. The molecule has 6 heteroatoms. The van der Waals surface area contributed by atoms with Crippen molar-refractivity contribution in [3.63, 3.8) is 0 Å². The average molecular weight is 349 g/mol. The fourth-order valence-electron chi connectivity index (χ4n) is 3.51. The van der Waals surface area contributed by atoms with Crippen molar-refractivity contribution in [1.29, 1.82) is 0 Å². The van der Waals surface area contributed by atoms with Gasteiger partial charge in [0.2, 0.25) is 5.91 Å². The van der Waals surface area contributed by atoms with E-state index in [-0.39, 0.29) is 11.8 Å². The number of benzene rings is 1. The maximum atomic E-state index is 12.6. The highest BCUT2D eigenvalue weighted by atomic mass is 16.1. The molecule has 0 fully saturated rings. The van der Waals surface area contributed by atoms with Gasteiger partial charge in [0, 0.05) is 36.2 Å². The number of rotatable bonds is 3. The number of aromatic nitrogens is 4. The molecule has 0 bridgehead atoms. The first-order chi connectivity index (χ1) is 12.5. The smallest absolute Gasteiger partial charge is 0.229 e. The van der Waals surface area contributed by atoms with E-state index in [0.717, 1.165) is 47.1 Å². The lowest BCUT2D eigenvalue weighted by atomic mass is 9.98. The summed E-state index contributed by atoms with van der Waals surface area (Å²) >= 11 is 0. The summed E-state index contributed by atoms with van der Waals surface area (Å²) in [6, 6.07) is 7.89. The molecule has 4 rings (SSSR count). The van der Waals surface area contributed by atoms with Crippen LogP contribution in [0, 0.1) is 26.7 Å². The van der Waals surface area contributed by atoms with Gasteiger partial charge in [-0.2, -0.15) is 0 Å². The molecule has 3 heterocycles. The summed E-state index contributed by atoms with van der Waals surface area (Å²) in [5.41, 5.74) is 5.02. The van der Waals surface area contributed by atoms with E-state index in [1.54, 1.807) is 0 Å². The molecule has 134 valence electrons. The maximum Gasteiger partial charge on any atom is 0.229 e. The van der Waals surface area contributed by atoms with E-state index in [4.69, 9.17) is 0 Å². The Kier molecular flexibility index (Phi) is 4.11. The van der Waals surface area contributed by atoms with Crippen molar-refractivity contribution in [3.05, 3.63) is 59.7 Å². The molecular weight excluding hydrogens is 326 g/mol. The zero-order valence-corrected chi connectivity index (χ0v) is 15.4. The molecule has 3 aromatic rings. The second-order valence-corrected chi connectivity index (χ2v) is 7.01. The molecule has 0 spiro atoms. The Bertz CT molecular complexity index is 951. The lowest BCUT2D eigenvalue weighted by Crippen LogP contribution is -2.31. The molecular formula is C20H23N5O. The van der Waals surface area contributed by atoms with Crippen LogP contribution in [-0.2, 0) is 17.8 Å². The van der Waals surface area contributed by atoms with Gasteiger partial charge in [0.1, 0.15) is 5.82 Å². The minimum absolute atomic E-state index is 0.0191.